The van der Waals surface area contributed by atoms with Crippen molar-refractivity contribution in [3.05, 3.63) is 109 Å². The van der Waals surface area contributed by atoms with Gasteiger partial charge in [0.1, 0.15) is 18.1 Å². The number of anilines is 2. The lowest BCUT2D eigenvalue weighted by Gasteiger charge is -2.31. The molecule has 0 spiro atoms. The van der Waals surface area contributed by atoms with E-state index in [1.54, 1.807) is 7.11 Å². The first-order valence-electron chi connectivity index (χ1n) is 18.6. The zero-order chi connectivity index (χ0) is 36.5. The fourth-order valence-corrected chi connectivity index (χ4v) is 9.26. The minimum absolute atomic E-state index is 0.232. The van der Waals surface area contributed by atoms with Crippen molar-refractivity contribution in [2.24, 2.45) is 0 Å². The van der Waals surface area contributed by atoms with Crippen LogP contribution in [-0.4, -0.2) is 88.8 Å². The van der Waals surface area contributed by atoms with Crippen molar-refractivity contribution >= 4 is 34.9 Å². The molecule has 54 heavy (non-hydrogen) atoms. The summed E-state index contributed by atoms with van der Waals surface area (Å²) in [7, 11) is 1.68. The molecule has 280 valence electrons. The van der Waals surface area contributed by atoms with E-state index in [0.717, 1.165) is 92.1 Å². The molecule has 2 saturated heterocycles. The Morgan fingerprint density at radius 1 is 0.741 bits per heavy atom. The number of aromatic nitrogens is 1. The van der Waals surface area contributed by atoms with Crippen LogP contribution in [0.15, 0.2) is 123 Å². The Bertz CT molecular complexity index is 1990. The SMILES string of the molecule is COc1ccc(COc2cc(N3CCOCC3)cc(-c3cccc4c3Sc3ccc(N[C@H](CCOc5ccccc5)CN5CCOCC5)cc3S4)n2)cc1. The van der Waals surface area contributed by atoms with Crippen LogP contribution < -0.4 is 24.4 Å². The van der Waals surface area contributed by atoms with E-state index in [-0.39, 0.29) is 6.04 Å². The maximum absolute atomic E-state index is 6.35. The molecular formula is C43H46N4O5S2. The Morgan fingerprint density at radius 2 is 1.54 bits per heavy atom. The predicted octanol–water partition coefficient (Wildman–Crippen LogP) is 8.37. The van der Waals surface area contributed by atoms with E-state index in [0.29, 0.717) is 32.3 Å². The van der Waals surface area contributed by atoms with E-state index in [1.165, 1.54) is 19.6 Å². The molecule has 1 N–H and O–H groups in total. The van der Waals surface area contributed by atoms with E-state index in [4.69, 9.17) is 28.7 Å². The van der Waals surface area contributed by atoms with Crippen molar-refractivity contribution < 1.29 is 23.7 Å². The summed E-state index contributed by atoms with van der Waals surface area (Å²) in [5.74, 6) is 2.33. The first kappa shape index (κ1) is 36.6. The summed E-state index contributed by atoms with van der Waals surface area (Å²) in [4.78, 5) is 14.9. The number of benzene rings is 4. The number of para-hydroxylation sites is 1. The second kappa shape index (κ2) is 17.8. The minimum atomic E-state index is 0.232. The number of nitrogens with one attached hydrogen (secondary N) is 1. The quantitative estimate of drug-likeness (QED) is 0.116. The van der Waals surface area contributed by atoms with Crippen LogP contribution in [0.5, 0.6) is 17.4 Å². The number of fused-ring (bicyclic) bond motifs is 2. The van der Waals surface area contributed by atoms with Crippen LogP contribution in [0, 0.1) is 0 Å². The van der Waals surface area contributed by atoms with E-state index in [9.17, 15) is 0 Å². The molecule has 0 amide bonds. The van der Waals surface area contributed by atoms with Gasteiger partial charge < -0.3 is 33.9 Å². The number of hydrogen-bond acceptors (Lipinski definition) is 11. The van der Waals surface area contributed by atoms with Gasteiger partial charge in [-0.3, -0.25) is 4.90 Å². The number of nitrogens with zero attached hydrogens (tertiary/aromatic N) is 3. The zero-order valence-electron chi connectivity index (χ0n) is 30.6. The van der Waals surface area contributed by atoms with Crippen LogP contribution in [0.3, 0.4) is 0 Å². The second-order valence-corrected chi connectivity index (χ2v) is 15.6. The van der Waals surface area contributed by atoms with Gasteiger partial charge in [0.2, 0.25) is 5.88 Å². The Labute approximate surface area is 326 Å². The Kier molecular flexibility index (Phi) is 12.1. The Hall–Kier alpha value is -4.39. The molecule has 5 aromatic rings. The van der Waals surface area contributed by atoms with Crippen LogP contribution >= 0.6 is 23.5 Å². The third kappa shape index (κ3) is 9.27. The fourth-order valence-electron chi connectivity index (χ4n) is 6.86. The summed E-state index contributed by atoms with van der Waals surface area (Å²) in [6.45, 7) is 8.54. The Balaban J connectivity index is 1.01. The van der Waals surface area contributed by atoms with Gasteiger partial charge in [0.05, 0.1) is 45.8 Å². The molecular weight excluding hydrogens is 717 g/mol. The molecule has 9 nitrogen and oxygen atoms in total. The maximum atomic E-state index is 6.35. The van der Waals surface area contributed by atoms with Gasteiger partial charge in [0, 0.05) is 87.8 Å². The lowest BCUT2D eigenvalue weighted by atomic mass is 10.1. The van der Waals surface area contributed by atoms with Crippen LogP contribution in [0.4, 0.5) is 11.4 Å². The van der Waals surface area contributed by atoms with Crippen LogP contribution in [0.1, 0.15) is 12.0 Å². The molecule has 0 bridgehead atoms. The third-order valence-electron chi connectivity index (χ3n) is 9.77. The zero-order valence-corrected chi connectivity index (χ0v) is 32.2. The van der Waals surface area contributed by atoms with Crippen LogP contribution in [-0.2, 0) is 16.1 Å². The minimum Gasteiger partial charge on any atom is -0.497 e. The molecule has 3 aliphatic rings. The molecule has 11 heteroatoms. The highest BCUT2D eigenvalue weighted by molar-refractivity contribution is 8.05. The summed E-state index contributed by atoms with van der Waals surface area (Å²) in [6.07, 6.45) is 0.889. The monoisotopic (exact) mass is 762 g/mol. The highest BCUT2D eigenvalue weighted by Gasteiger charge is 2.24. The average molecular weight is 763 g/mol. The van der Waals surface area contributed by atoms with Gasteiger partial charge in [-0.1, -0.05) is 66.0 Å². The summed E-state index contributed by atoms with van der Waals surface area (Å²) in [5.41, 5.74) is 5.28. The van der Waals surface area contributed by atoms with Crippen molar-refractivity contribution in [3.63, 3.8) is 0 Å². The molecule has 8 rings (SSSR count). The van der Waals surface area contributed by atoms with Gasteiger partial charge in [0.15, 0.2) is 0 Å². The standard InChI is InChI=1S/C43H46N4O5S2/c1-48-35-13-10-31(11-14-35)30-52-42-28-34(47-19-24-50-25-20-47)27-38(45-42)37-8-5-9-40-43(37)54-39-15-12-32(26-41(39)53-40)44-33(29-46-17-22-49-23-18-46)16-21-51-36-6-3-2-4-7-36/h2-15,26-28,33,44H,16-25,29-30H2,1H3/t33-/m1/s1. The first-order chi connectivity index (χ1) is 26.7. The Morgan fingerprint density at radius 3 is 2.33 bits per heavy atom. The third-order valence-corrected chi connectivity index (χ3v) is 12.4. The van der Waals surface area contributed by atoms with Gasteiger partial charge in [-0.15, -0.1) is 0 Å². The largest absolute Gasteiger partial charge is 0.497 e. The molecule has 4 aromatic carbocycles. The molecule has 0 unspecified atom stereocenters. The van der Waals surface area contributed by atoms with Crippen molar-refractivity contribution in [2.75, 3.05) is 83.1 Å². The molecule has 3 aliphatic heterocycles. The van der Waals surface area contributed by atoms with Gasteiger partial charge in [-0.25, -0.2) is 4.98 Å². The van der Waals surface area contributed by atoms with Crippen LogP contribution in [0.2, 0.25) is 0 Å². The van der Waals surface area contributed by atoms with Crippen LogP contribution in [0.25, 0.3) is 11.3 Å². The van der Waals surface area contributed by atoms with Gasteiger partial charge in [-0.05, 0) is 60.2 Å². The van der Waals surface area contributed by atoms with Gasteiger partial charge >= 0.3 is 0 Å². The highest BCUT2D eigenvalue weighted by atomic mass is 32.2. The molecule has 2 fully saturated rings. The topological polar surface area (TPSA) is 77.5 Å². The van der Waals surface area contributed by atoms with Crippen molar-refractivity contribution in [3.8, 4) is 28.6 Å². The average Bonchev–Trinajstić information content (AvgIpc) is 3.23. The molecule has 1 aromatic heterocycles. The lowest BCUT2D eigenvalue weighted by Crippen LogP contribution is -2.43. The summed E-state index contributed by atoms with van der Waals surface area (Å²) in [6, 6.07) is 35.8. The fraction of sp³-hybridized carbons (Fsp3) is 0.326. The van der Waals surface area contributed by atoms with Crippen molar-refractivity contribution in [1.29, 1.82) is 0 Å². The molecule has 4 heterocycles. The number of pyridine rings is 1. The summed E-state index contributed by atoms with van der Waals surface area (Å²) in [5, 5.41) is 3.87. The molecule has 0 radical (unpaired) electrons. The van der Waals surface area contributed by atoms with E-state index < -0.39 is 0 Å². The summed E-state index contributed by atoms with van der Waals surface area (Å²) < 4.78 is 29.1. The van der Waals surface area contributed by atoms with E-state index in [1.807, 2.05) is 78.1 Å². The van der Waals surface area contributed by atoms with Crippen molar-refractivity contribution in [1.82, 2.24) is 9.88 Å². The number of rotatable bonds is 14. The smallest absolute Gasteiger partial charge is 0.216 e. The highest BCUT2D eigenvalue weighted by Crippen LogP contribution is 2.52. The number of hydrogen-bond donors (Lipinski definition) is 1. The van der Waals surface area contributed by atoms with Gasteiger partial charge in [0.25, 0.3) is 0 Å². The lowest BCUT2D eigenvalue weighted by molar-refractivity contribution is 0.0353. The number of ether oxygens (including phenoxy) is 5. The van der Waals surface area contributed by atoms with Crippen molar-refractivity contribution in [2.45, 2.75) is 38.7 Å². The molecule has 1 atom stereocenters. The summed E-state index contributed by atoms with van der Waals surface area (Å²) >= 11 is 3.64. The van der Waals surface area contributed by atoms with E-state index in [2.05, 4.69) is 63.6 Å². The number of morpholine rings is 2. The maximum Gasteiger partial charge on any atom is 0.216 e. The molecule has 0 saturated carbocycles. The normalized spacial score (nSPS) is 16.2. The molecule has 0 aliphatic carbocycles. The number of methoxy groups -OCH3 is 1. The predicted molar refractivity (Wildman–Crippen MR) is 216 cm³/mol. The first-order valence-corrected chi connectivity index (χ1v) is 20.3. The van der Waals surface area contributed by atoms with Gasteiger partial charge in [-0.2, -0.15) is 0 Å². The van der Waals surface area contributed by atoms with E-state index >= 15 is 0 Å². The second-order valence-electron chi connectivity index (χ2n) is 13.5.